The number of halogens is 2. The Morgan fingerprint density at radius 2 is 2.04 bits per heavy atom. The summed E-state index contributed by atoms with van der Waals surface area (Å²) in [6.45, 7) is 2.41. The molecular formula is C17H17ClFN3O. The molecule has 1 aliphatic heterocycles. The van der Waals surface area contributed by atoms with Crippen molar-refractivity contribution in [2.24, 2.45) is 0 Å². The normalized spacial score (nSPS) is 14.1. The Hall–Kier alpha value is -2.14. The second kappa shape index (κ2) is 6.96. The van der Waals surface area contributed by atoms with E-state index in [0.29, 0.717) is 6.54 Å². The average Bonchev–Trinajstić information content (AvgIpc) is 3.07. The molecule has 2 heterocycles. The van der Waals surface area contributed by atoms with Crippen LogP contribution in [0.5, 0.6) is 0 Å². The zero-order valence-electron chi connectivity index (χ0n) is 12.6. The number of nitrogens with zero attached hydrogens (tertiary/aromatic N) is 2. The lowest BCUT2D eigenvalue weighted by atomic mass is 10.2. The smallest absolute Gasteiger partial charge is 0.253 e. The lowest BCUT2D eigenvalue weighted by Gasteiger charge is -2.17. The summed E-state index contributed by atoms with van der Waals surface area (Å²) in [4.78, 5) is 18.8. The van der Waals surface area contributed by atoms with Crippen LogP contribution in [0, 0.1) is 5.82 Å². The van der Waals surface area contributed by atoms with Gasteiger partial charge in [-0.2, -0.15) is 0 Å². The molecule has 1 saturated heterocycles. The molecule has 1 fully saturated rings. The van der Waals surface area contributed by atoms with E-state index >= 15 is 0 Å². The number of aromatic nitrogens is 1. The van der Waals surface area contributed by atoms with Crippen LogP contribution in [0.3, 0.4) is 0 Å². The van der Waals surface area contributed by atoms with Crippen molar-refractivity contribution in [3.05, 3.63) is 58.5 Å². The fourth-order valence-corrected chi connectivity index (χ4v) is 2.89. The van der Waals surface area contributed by atoms with Gasteiger partial charge in [-0.1, -0.05) is 11.6 Å². The van der Waals surface area contributed by atoms with Crippen LogP contribution in [-0.2, 0) is 6.54 Å². The molecule has 1 aliphatic rings. The van der Waals surface area contributed by atoms with E-state index in [1.807, 2.05) is 12.1 Å². The Bertz CT molecular complexity index is 717. The van der Waals surface area contributed by atoms with Gasteiger partial charge in [0.15, 0.2) is 0 Å². The highest BCUT2D eigenvalue weighted by molar-refractivity contribution is 6.33. The van der Waals surface area contributed by atoms with Gasteiger partial charge in [0.1, 0.15) is 11.6 Å². The van der Waals surface area contributed by atoms with Crippen LogP contribution in [0.4, 0.5) is 10.2 Å². The van der Waals surface area contributed by atoms with Gasteiger partial charge in [0.25, 0.3) is 5.91 Å². The molecule has 0 atom stereocenters. The highest BCUT2D eigenvalue weighted by Gasteiger charge is 2.14. The fourth-order valence-electron chi connectivity index (χ4n) is 2.64. The van der Waals surface area contributed by atoms with Gasteiger partial charge in [-0.3, -0.25) is 4.79 Å². The first kappa shape index (κ1) is 15.7. The SMILES string of the molecule is O=C(NCc1ccnc(N2CCCC2)c1)c1ccc(F)cc1Cl. The summed E-state index contributed by atoms with van der Waals surface area (Å²) < 4.78 is 13.0. The number of rotatable bonds is 4. The van der Waals surface area contributed by atoms with Gasteiger partial charge >= 0.3 is 0 Å². The number of anilines is 1. The van der Waals surface area contributed by atoms with Gasteiger partial charge in [0.05, 0.1) is 10.6 Å². The second-order valence-corrected chi connectivity index (χ2v) is 5.93. The Balaban J connectivity index is 1.65. The number of carbonyl (C=O) groups is 1. The van der Waals surface area contributed by atoms with Crippen LogP contribution in [0.2, 0.25) is 5.02 Å². The molecule has 6 heteroatoms. The third-order valence-corrected chi connectivity index (χ3v) is 4.18. The zero-order chi connectivity index (χ0) is 16.2. The highest BCUT2D eigenvalue weighted by atomic mass is 35.5. The molecule has 23 heavy (non-hydrogen) atoms. The molecular weight excluding hydrogens is 317 g/mol. The molecule has 4 nitrogen and oxygen atoms in total. The van der Waals surface area contributed by atoms with Crippen molar-refractivity contribution in [3.63, 3.8) is 0 Å². The Morgan fingerprint density at radius 1 is 1.26 bits per heavy atom. The molecule has 0 bridgehead atoms. The summed E-state index contributed by atoms with van der Waals surface area (Å²) in [5.41, 5.74) is 1.23. The first-order chi connectivity index (χ1) is 11.1. The van der Waals surface area contributed by atoms with Gasteiger partial charge in [0.2, 0.25) is 0 Å². The summed E-state index contributed by atoms with van der Waals surface area (Å²) in [7, 11) is 0. The summed E-state index contributed by atoms with van der Waals surface area (Å²) in [5.74, 6) is 0.152. The molecule has 0 radical (unpaired) electrons. The van der Waals surface area contributed by atoms with Crippen LogP contribution in [0.1, 0.15) is 28.8 Å². The second-order valence-electron chi connectivity index (χ2n) is 5.52. The summed E-state index contributed by atoms with van der Waals surface area (Å²) >= 11 is 5.90. The number of benzene rings is 1. The first-order valence-corrected chi connectivity index (χ1v) is 7.94. The van der Waals surface area contributed by atoms with Crippen molar-refractivity contribution in [2.45, 2.75) is 19.4 Å². The molecule has 1 amide bonds. The van der Waals surface area contributed by atoms with E-state index in [-0.39, 0.29) is 16.5 Å². The van der Waals surface area contributed by atoms with Crippen LogP contribution in [-0.4, -0.2) is 24.0 Å². The predicted molar refractivity (Wildman–Crippen MR) is 88.3 cm³/mol. The van der Waals surface area contributed by atoms with Crippen LogP contribution >= 0.6 is 11.6 Å². The number of hydrogen-bond acceptors (Lipinski definition) is 3. The third kappa shape index (κ3) is 3.79. The first-order valence-electron chi connectivity index (χ1n) is 7.56. The Kier molecular flexibility index (Phi) is 4.76. The average molecular weight is 334 g/mol. The van der Waals surface area contributed by atoms with Gasteiger partial charge < -0.3 is 10.2 Å². The minimum absolute atomic E-state index is 0.106. The van der Waals surface area contributed by atoms with Crippen LogP contribution in [0.15, 0.2) is 36.5 Å². The topological polar surface area (TPSA) is 45.2 Å². The molecule has 0 aliphatic carbocycles. The maximum Gasteiger partial charge on any atom is 0.253 e. The predicted octanol–water partition coefficient (Wildman–Crippen LogP) is 3.40. The maximum atomic E-state index is 13.0. The molecule has 0 unspecified atom stereocenters. The van der Waals surface area contributed by atoms with Gasteiger partial charge in [-0.05, 0) is 48.7 Å². The largest absolute Gasteiger partial charge is 0.357 e. The standard InChI is InChI=1S/C17H17ClFN3O/c18-15-10-13(19)3-4-14(15)17(23)21-11-12-5-6-20-16(9-12)22-7-1-2-8-22/h3-6,9-10H,1-2,7-8,11H2,(H,21,23). The molecule has 1 aromatic heterocycles. The number of hydrogen-bond donors (Lipinski definition) is 1. The Morgan fingerprint density at radius 3 is 2.78 bits per heavy atom. The minimum Gasteiger partial charge on any atom is -0.357 e. The molecule has 0 spiro atoms. The number of nitrogens with one attached hydrogen (secondary N) is 1. The van der Waals surface area contributed by atoms with Crippen molar-refractivity contribution < 1.29 is 9.18 Å². The molecule has 1 N–H and O–H groups in total. The van der Waals surface area contributed by atoms with E-state index in [9.17, 15) is 9.18 Å². The van der Waals surface area contributed by atoms with E-state index in [2.05, 4.69) is 15.2 Å². The highest BCUT2D eigenvalue weighted by Crippen LogP contribution is 2.19. The Labute approximate surface area is 139 Å². The van der Waals surface area contributed by atoms with Gasteiger partial charge in [0, 0.05) is 25.8 Å². The minimum atomic E-state index is -0.462. The van der Waals surface area contributed by atoms with Crippen LogP contribution < -0.4 is 10.2 Å². The third-order valence-electron chi connectivity index (χ3n) is 3.87. The van der Waals surface area contributed by atoms with E-state index in [1.54, 1.807) is 6.20 Å². The van der Waals surface area contributed by atoms with Crippen molar-refractivity contribution >= 4 is 23.3 Å². The summed E-state index contributed by atoms with van der Waals surface area (Å²) in [6.07, 6.45) is 4.12. The van der Waals surface area contributed by atoms with Crippen molar-refractivity contribution in [3.8, 4) is 0 Å². The van der Waals surface area contributed by atoms with Crippen molar-refractivity contribution in [1.82, 2.24) is 10.3 Å². The van der Waals surface area contributed by atoms with E-state index in [1.165, 1.54) is 25.0 Å². The number of amides is 1. The lowest BCUT2D eigenvalue weighted by molar-refractivity contribution is 0.0951. The molecule has 0 saturated carbocycles. The van der Waals surface area contributed by atoms with E-state index in [0.717, 1.165) is 30.5 Å². The number of pyridine rings is 1. The summed E-state index contributed by atoms with van der Waals surface area (Å²) in [5, 5.41) is 2.91. The molecule has 120 valence electrons. The van der Waals surface area contributed by atoms with Crippen molar-refractivity contribution in [2.75, 3.05) is 18.0 Å². The van der Waals surface area contributed by atoms with Crippen molar-refractivity contribution in [1.29, 1.82) is 0 Å². The summed E-state index contributed by atoms with van der Waals surface area (Å²) in [6, 6.07) is 7.59. The molecule has 3 rings (SSSR count). The lowest BCUT2D eigenvalue weighted by Crippen LogP contribution is -2.24. The van der Waals surface area contributed by atoms with E-state index < -0.39 is 5.82 Å². The quantitative estimate of drug-likeness (QED) is 0.932. The fraction of sp³-hybridized carbons (Fsp3) is 0.294. The zero-order valence-corrected chi connectivity index (χ0v) is 13.3. The maximum absolute atomic E-state index is 13.0. The van der Waals surface area contributed by atoms with Gasteiger partial charge in [-0.25, -0.2) is 9.37 Å². The molecule has 2 aromatic rings. The van der Waals surface area contributed by atoms with Crippen LogP contribution in [0.25, 0.3) is 0 Å². The molecule has 1 aromatic carbocycles. The van der Waals surface area contributed by atoms with E-state index in [4.69, 9.17) is 11.6 Å². The monoisotopic (exact) mass is 333 g/mol. The van der Waals surface area contributed by atoms with Gasteiger partial charge in [-0.15, -0.1) is 0 Å². The number of carbonyl (C=O) groups excluding carboxylic acids is 1.